The molecule has 0 atom stereocenters. The fourth-order valence-corrected chi connectivity index (χ4v) is 4.35. The molecule has 0 spiro atoms. The zero-order chi connectivity index (χ0) is 17.8. The van der Waals surface area contributed by atoms with E-state index in [9.17, 15) is 9.59 Å². The van der Waals surface area contributed by atoms with Crippen LogP contribution in [0.1, 0.15) is 47.8 Å². The summed E-state index contributed by atoms with van der Waals surface area (Å²) in [5.74, 6) is 0.0441. The first-order valence-corrected chi connectivity index (χ1v) is 9.80. The molecule has 25 heavy (non-hydrogen) atoms. The number of hydrogen-bond acceptors (Lipinski definition) is 5. The molecule has 0 aliphatic carbocycles. The molecule has 0 bridgehead atoms. The van der Waals surface area contributed by atoms with Crippen LogP contribution in [-0.2, 0) is 11.3 Å². The van der Waals surface area contributed by atoms with Gasteiger partial charge >= 0.3 is 0 Å². The van der Waals surface area contributed by atoms with Gasteiger partial charge in [-0.15, -0.1) is 11.3 Å². The summed E-state index contributed by atoms with van der Waals surface area (Å²) in [7, 11) is 0. The molecule has 1 aliphatic rings. The minimum absolute atomic E-state index is 0.0441. The summed E-state index contributed by atoms with van der Waals surface area (Å²) < 4.78 is 6.89. The number of fused-ring (bicyclic) bond motifs is 1. The Kier molecular flexibility index (Phi) is 5.86. The van der Waals surface area contributed by atoms with E-state index < -0.39 is 0 Å². The minimum Gasteiger partial charge on any atom is -0.380 e. The summed E-state index contributed by atoms with van der Waals surface area (Å²) in [6.07, 6.45) is 6.03. The number of rotatable bonds is 5. The first-order valence-electron chi connectivity index (χ1n) is 8.99. The van der Waals surface area contributed by atoms with Crippen LogP contribution in [0.5, 0.6) is 0 Å². The van der Waals surface area contributed by atoms with Crippen LogP contribution in [-0.4, -0.2) is 46.7 Å². The molecule has 1 amide bonds. The van der Waals surface area contributed by atoms with E-state index in [1.54, 1.807) is 10.9 Å². The fraction of sp³-hybridized carbons (Fsp3) is 0.611. The number of likely N-dealkylation sites (tertiary alicyclic amines) is 1. The van der Waals surface area contributed by atoms with Gasteiger partial charge in [0.25, 0.3) is 11.5 Å². The van der Waals surface area contributed by atoms with Gasteiger partial charge in [0.05, 0.1) is 29.7 Å². The number of hydrogen-bond donors (Lipinski definition) is 0. The minimum atomic E-state index is -0.0895. The monoisotopic (exact) mass is 363 g/mol. The Bertz CT molecular complexity index is 804. The molecule has 7 heteroatoms. The van der Waals surface area contributed by atoms with Crippen LogP contribution in [0.4, 0.5) is 0 Å². The van der Waals surface area contributed by atoms with Crippen LogP contribution in [0.15, 0.2) is 11.1 Å². The Morgan fingerprint density at radius 2 is 2.00 bits per heavy atom. The molecule has 2 aromatic rings. The first kappa shape index (κ1) is 18.1. The van der Waals surface area contributed by atoms with Crippen LogP contribution in [0.3, 0.4) is 0 Å². The second-order valence-corrected chi connectivity index (χ2v) is 7.38. The molecule has 0 N–H and O–H groups in total. The van der Waals surface area contributed by atoms with Gasteiger partial charge in [-0.05, 0) is 32.3 Å². The van der Waals surface area contributed by atoms with Gasteiger partial charge < -0.3 is 9.64 Å². The van der Waals surface area contributed by atoms with Gasteiger partial charge in [-0.2, -0.15) is 0 Å². The van der Waals surface area contributed by atoms with Crippen molar-refractivity contribution in [1.82, 2.24) is 14.5 Å². The number of carbonyl (C=O) groups excluding carboxylic acids is 1. The van der Waals surface area contributed by atoms with Crippen LogP contribution in [0.25, 0.3) is 10.2 Å². The zero-order valence-electron chi connectivity index (χ0n) is 14.9. The van der Waals surface area contributed by atoms with Gasteiger partial charge in [0.1, 0.15) is 4.83 Å². The smallest absolute Gasteiger partial charge is 0.264 e. The topological polar surface area (TPSA) is 64.4 Å². The van der Waals surface area contributed by atoms with Crippen molar-refractivity contribution in [2.24, 2.45) is 0 Å². The predicted octanol–water partition coefficient (Wildman–Crippen LogP) is 2.82. The van der Waals surface area contributed by atoms with Crippen LogP contribution in [0.2, 0.25) is 0 Å². The molecule has 0 aromatic carbocycles. The van der Waals surface area contributed by atoms with E-state index in [0.29, 0.717) is 34.9 Å². The van der Waals surface area contributed by atoms with E-state index in [4.69, 9.17) is 4.74 Å². The highest BCUT2D eigenvalue weighted by molar-refractivity contribution is 7.20. The maximum atomic E-state index is 12.9. The largest absolute Gasteiger partial charge is 0.380 e. The van der Waals surface area contributed by atoms with Crippen molar-refractivity contribution < 1.29 is 9.53 Å². The molecule has 0 radical (unpaired) electrons. The maximum absolute atomic E-state index is 12.9. The number of aromatic nitrogens is 2. The highest BCUT2D eigenvalue weighted by Crippen LogP contribution is 2.28. The molecule has 1 aliphatic heterocycles. The number of nitrogens with zero attached hydrogens (tertiary/aromatic N) is 3. The van der Waals surface area contributed by atoms with Gasteiger partial charge in [0.15, 0.2) is 0 Å². The van der Waals surface area contributed by atoms with E-state index in [1.807, 2.05) is 18.7 Å². The van der Waals surface area contributed by atoms with Crippen LogP contribution in [0, 0.1) is 6.92 Å². The summed E-state index contributed by atoms with van der Waals surface area (Å²) in [6, 6.07) is 0. The quantitative estimate of drug-likeness (QED) is 0.766. The van der Waals surface area contributed by atoms with Gasteiger partial charge in [-0.3, -0.25) is 14.2 Å². The number of amides is 1. The second kappa shape index (κ2) is 8.10. The van der Waals surface area contributed by atoms with Crippen molar-refractivity contribution in [3.05, 3.63) is 27.1 Å². The molecule has 3 heterocycles. The molecule has 3 rings (SSSR count). The first-order chi connectivity index (χ1) is 12.1. The molecule has 136 valence electrons. The number of thiophene rings is 1. The van der Waals surface area contributed by atoms with E-state index in [-0.39, 0.29) is 11.5 Å². The van der Waals surface area contributed by atoms with Crippen molar-refractivity contribution in [3.63, 3.8) is 0 Å². The van der Waals surface area contributed by atoms with Crippen LogP contribution >= 0.6 is 11.3 Å². The third-order valence-electron chi connectivity index (χ3n) is 4.69. The van der Waals surface area contributed by atoms with Crippen molar-refractivity contribution in [2.75, 3.05) is 26.3 Å². The third kappa shape index (κ3) is 3.77. The summed E-state index contributed by atoms with van der Waals surface area (Å²) in [6.45, 7) is 6.97. The van der Waals surface area contributed by atoms with E-state index in [2.05, 4.69) is 4.98 Å². The molecule has 1 saturated heterocycles. The second-order valence-electron chi connectivity index (χ2n) is 6.38. The van der Waals surface area contributed by atoms with Gasteiger partial charge in [-0.1, -0.05) is 12.8 Å². The summed E-state index contributed by atoms with van der Waals surface area (Å²) in [4.78, 5) is 33.3. The lowest BCUT2D eigenvalue weighted by Gasteiger charge is -2.19. The van der Waals surface area contributed by atoms with Gasteiger partial charge in [0.2, 0.25) is 0 Å². The summed E-state index contributed by atoms with van der Waals surface area (Å²) in [5, 5.41) is 0.571. The van der Waals surface area contributed by atoms with E-state index in [1.165, 1.54) is 24.2 Å². The van der Waals surface area contributed by atoms with E-state index in [0.717, 1.165) is 31.5 Å². The molecule has 1 fully saturated rings. The SMILES string of the molecule is CCOCCn1cnc2sc(C(=O)N3CCCCCC3)c(C)c2c1=O. The fourth-order valence-electron chi connectivity index (χ4n) is 3.25. The normalized spacial score (nSPS) is 15.5. The number of aryl methyl sites for hydroxylation is 1. The number of ether oxygens (including phenoxy) is 1. The highest BCUT2D eigenvalue weighted by atomic mass is 32.1. The van der Waals surface area contributed by atoms with Crippen molar-refractivity contribution >= 4 is 27.5 Å². The lowest BCUT2D eigenvalue weighted by Crippen LogP contribution is -2.31. The van der Waals surface area contributed by atoms with Crippen LogP contribution < -0.4 is 5.56 Å². The standard InChI is InChI=1S/C18H25N3O3S/c1-3-24-11-10-21-12-19-16-14(17(21)22)13(2)15(25-16)18(23)20-8-6-4-5-7-9-20/h12H,3-11H2,1-2H3. The Hall–Kier alpha value is -1.73. The van der Waals surface area contributed by atoms with Crippen molar-refractivity contribution in [1.29, 1.82) is 0 Å². The molecular weight excluding hydrogens is 338 g/mol. The molecule has 0 unspecified atom stereocenters. The summed E-state index contributed by atoms with van der Waals surface area (Å²) in [5.41, 5.74) is 0.672. The Morgan fingerprint density at radius 1 is 1.28 bits per heavy atom. The molecular formula is C18H25N3O3S. The molecule has 0 saturated carbocycles. The zero-order valence-corrected chi connectivity index (χ0v) is 15.7. The molecule has 2 aromatic heterocycles. The Balaban J connectivity index is 1.92. The average Bonchev–Trinajstić information content (AvgIpc) is 2.78. The molecule has 6 nitrogen and oxygen atoms in total. The van der Waals surface area contributed by atoms with Gasteiger partial charge in [-0.25, -0.2) is 4.98 Å². The third-order valence-corrected chi connectivity index (χ3v) is 5.87. The lowest BCUT2D eigenvalue weighted by atomic mass is 10.2. The van der Waals surface area contributed by atoms with Crippen molar-refractivity contribution in [2.45, 2.75) is 46.1 Å². The number of carbonyl (C=O) groups is 1. The Morgan fingerprint density at radius 3 is 2.68 bits per heavy atom. The lowest BCUT2D eigenvalue weighted by molar-refractivity contribution is 0.0766. The summed E-state index contributed by atoms with van der Waals surface area (Å²) >= 11 is 1.34. The van der Waals surface area contributed by atoms with E-state index >= 15 is 0 Å². The Labute approximate surface area is 151 Å². The van der Waals surface area contributed by atoms with Gasteiger partial charge in [0, 0.05) is 19.7 Å². The average molecular weight is 363 g/mol. The maximum Gasteiger partial charge on any atom is 0.264 e. The predicted molar refractivity (Wildman–Crippen MR) is 99.5 cm³/mol. The highest BCUT2D eigenvalue weighted by Gasteiger charge is 2.24. The van der Waals surface area contributed by atoms with Crippen molar-refractivity contribution in [3.8, 4) is 0 Å².